The largest absolute Gasteiger partial charge is 0.481 e. The van der Waals surface area contributed by atoms with Crippen LogP contribution in [0.1, 0.15) is 51.9 Å². The van der Waals surface area contributed by atoms with Gasteiger partial charge in [0.25, 0.3) is 0 Å². The second-order valence-corrected chi connectivity index (χ2v) is 5.13. The molecular weight excluding hydrogens is 236 g/mol. The Hall–Kier alpha value is -1.10. The van der Waals surface area contributed by atoms with Gasteiger partial charge >= 0.3 is 11.9 Å². The van der Waals surface area contributed by atoms with Crippen molar-refractivity contribution in [1.29, 1.82) is 0 Å². The number of aliphatic carboxylic acids is 2. The van der Waals surface area contributed by atoms with Gasteiger partial charge in [0.2, 0.25) is 0 Å². The van der Waals surface area contributed by atoms with Crippen LogP contribution in [0, 0.1) is 5.92 Å². The summed E-state index contributed by atoms with van der Waals surface area (Å²) in [5.41, 5.74) is 0. The summed E-state index contributed by atoms with van der Waals surface area (Å²) in [6.45, 7) is 1.73. The molecule has 3 atom stereocenters. The molecule has 18 heavy (non-hydrogen) atoms. The SMILES string of the molecule is C1CCC2OC2C1.CC(CCC(=O)O)CC(=O)O. The quantitative estimate of drug-likeness (QED) is 0.739. The molecule has 5 nitrogen and oxygen atoms in total. The van der Waals surface area contributed by atoms with Crippen molar-refractivity contribution in [3.05, 3.63) is 0 Å². The summed E-state index contributed by atoms with van der Waals surface area (Å²) in [5.74, 6) is -1.80. The standard InChI is InChI=1S/C7H12O4.C6H10O/c1-5(4-7(10)11)2-3-6(8)9;1-2-4-6-5(3-1)7-6/h5H,2-4H2,1H3,(H,8,9)(H,10,11);5-6H,1-4H2. The van der Waals surface area contributed by atoms with E-state index in [0.29, 0.717) is 18.6 Å². The molecule has 1 aliphatic carbocycles. The molecule has 1 saturated carbocycles. The van der Waals surface area contributed by atoms with Gasteiger partial charge in [0, 0.05) is 12.8 Å². The van der Waals surface area contributed by atoms with Crippen molar-refractivity contribution in [2.45, 2.75) is 64.1 Å². The Kier molecular flexibility index (Phi) is 6.12. The Morgan fingerprint density at radius 2 is 1.72 bits per heavy atom. The van der Waals surface area contributed by atoms with E-state index in [1.54, 1.807) is 6.92 Å². The molecule has 1 saturated heterocycles. The first-order chi connectivity index (χ1) is 8.49. The van der Waals surface area contributed by atoms with Crippen LogP contribution in [0.3, 0.4) is 0 Å². The summed E-state index contributed by atoms with van der Waals surface area (Å²) in [6.07, 6.45) is 7.42. The van der Waals surface area contributed by atoms with Crippen molar-refractivity contribution in [2.24, 2.45) is 5.92 Å². The van der Waals surface area contributed by atoms with Gasteiger partial charge in [-0.2, -0.15) is 0 Å². The Balaban J connectivity index is 0.000000194. The fourth-order valence-corrected chi connectivity index (χ4v) is 2.15. The van der Waals surface area contributed by atoms with Gasteiger partial charge in [-0.1, -0.05) is 19.8 Å². The molecule has 2 aliphatic rings. The number of carboxylic acids is 2. The lowest BCUT2D eigenvalue weighted by molar-refractivity contribution is -0.140. The zero-order valence-electron chi connectivity index (χ0n) is 10.8. The third-order valence-electron chi connectivity index (χ3n) is 3.29. The van der Waals surface area contributed by atoms with E-state index in [1.165, 1.54) is 25.7 Å². The number of fused-ring (bicyclic) bond motifs is 1. The summed E-state index contributed by atoms with van der Waals surface area (Å²) in [6, 6.07) is 0. The summed E-state index contributed by atoms with van der Waals surface area (Å²) >= 11 is 0. The number of ether oxygens (including phenoxy) is 1. The van der Waals surface area contributed by atoms with Gasteiger partial charge in [0.05, 0.1) is 12.2 Å². The molecule has 0 spiro atoms. The van der Waals surface area contributed by atoms with Gasteiger partial charge < -0.3 is 14.9 Å². The molecule has 0 aromatic rings. The molecule has 1 heterocycles. The van der Waals surface area contributed by atoms with Crippen LogP contribution in [-0.4, -0.2) is 34.4 Å². The maximum atomic E-state index is 10.1. The zero-order chi connectivity index (χ0) is 13.5. The first kappa shape index (κ1) is 15.0. The monoisotopic (exact) mass is 258 g/mol. The third-order valence-corrected chi connectivity index (χ3v) is 3.29. The fraction of sp³-hybridized carbons (Fsp3) is 0.846. The third kappa shape index (κ3) is 6.59. The smallest absolute Gasteiger partial charge is 0.303 e. The molecule has 0 amide bonds. The lowest BCUT2D eigenvalue weighted by Crippen LogP contribution is -2.06. The molecule has 0 aromatic carbocycles. The lowest BCUT2D eigenvalue weighted by atomic mass is 10.0. The highest BCUT2D eigenvalue weighted by atomic mass is 16.6. The van der Waals surface area contributed by atoms with Crippen LogP contribution >= 0.6 is 0 Å². The Morgan fingerprint density at radius 1 is 1.17 bits per heavy atom. The van der Waals surface area contributed by atoms with E-state index in [2.05, 4.69) is 0 Å². The van der Waals surface area contributed by atoms with E-state index in [-0.39, 0.29) is 18.8 Å². The maximum absolute atomic E-state index is 10.1. The van der Waals surface area contributed by atoms with E-state index >= 15 is 0 Å². The van der Waals surface area contributed by atoms with Crippen LogP contribution in [0.5, 0.6) is 0 Å². The van der Waals surface area contributed by atoms with Crippen molar-refractivity contribution >= 4 is 11.9 Å². The van der Waals surface area contributed by atoms with Gasteiger partial charge in [-0.05, 0) is 25.2 Å². The highest BCUT2D eigenvalue weighted by molar-refractivity contribution is 5.68. The van der Waals surface area contributed by atoms with Crippen LogP contribution in [0.25, 0.3) is 0 Å². The fourth-order valence-electron chi connectivity index (χ4n) is 2.15. The topological polar surface area (TPSA) is 87.1 Å². The lowest BCUT2D eigenvalue weighted by Gasteiger charge is -2.04. The van der Waals surface area contributed by atoms with E-state index in [4.69, 9.17) is 14.9 Å². The minimum absolute atomic E-state index is 0.0489. The molecular formula is C13H22O5. The van der Waals surface area contributed by atoms with E-state index < -0.39 is 11.9 Å². The number of rotatable bonds is 5. The minimum atomic E-state index is -0.873. The number of carbonyl (C=O) groups is 2. The molecule has 0 bridgehead atoms. The van der Waals surface area contributed by atoms with Crippen molar-refractivity contribution in [2.75, 3.05) is 0 Å². The van der Waals surface area contributed by atoms with Crippen molar-refractivity contribution in [3.63, 3.8) is 0 Å². The van der Waals surface area contributed by atoms with Gasteiger partial charge in [0.15, 0.2) is 0 Å². The van der Waals surface area contributed by atoms with Crippen LogP contribution in [0.15, 0.2) is 0 Å². The first-order valence-corrected chi connectivity index (χ1v) is 6.58. The average molecular weight is 258 g/mol. The summed E-state index contributed by atoms with van der Waals surface area (Å²) < 4.78 is 5.28. The highest BCUT2D eigenvalue weighted by Crippen LogP contribution is 2.35. The first-order valence-electron chi connectivity index (χ1n) is 6.58. The van der Waals surface area contributed by atoms with E-state index in [1.807, 2.05) is 0 Å². The minimum Gasteiger partial charge on any atom is -0.481 e. The second kappa shape index (κ2) is 7.36. The van der Waals surface area contributed by atoms with Crippen molar-refractivity contribution < 1.29 is 24.5 Å². The predicted octanol–water partition coefficient (Wildman–Crippen LogP) is 2.29. The van der Waals surface area contributed by atoms with Crippen LogP contribution in [0.4, 0.5) is 0 Å². The molecule has 0 aromatic heterocycles. The summed E-state index contributed by atoms with van der Waals surface area (Å²) in [7, 11) is 0. The van der Waals surface area contributed by atoms with Crippen LogP contribution < -0.4 is 0 Å². The normalized spacial score (nSPS) is 26.3. The van der Waals surface area contributed by atoms with Crippen LogP contribution in [0.2, 0.25) is 0 Å². The summed E-state index contributed by atoms with van der Waals surface area (Å²) in [4.78, 5) is 20.1. The van der Waals surface area contributed by atoms with Gasteiger partial charge in [0.1, 0.15) is 0 Å². The van der Waals surface area contributed by atoms with Gasteiger partial charge in [-0.25, -0.2) is 0 Å². The molecule has 104 valence electrons. The predicted molar refractivity (Wildman–Crippen MR) is 65.4 cm³/mol. The number of epoxide rings is 1. The van der Waals surface area contributed by atoms with E-state index in [0.717, 1.165) is 0 Å². The zero-order valence-corrected chi connectivity index (χ0v) is 10.8. The van der Waals surface area contributed by atoms with Gasteiger partial charge in [-0.15, -0.1) is 0 Å². The van der Waals surface area contributed by atoms with Crippen molar-refractivity contribution in [1.82, 2.24) is 0 Å². The molecule has 0 radical (unpaired) electrons. The average Bonchev–Trinajstić information content (AvgIpc) is 3.05. The Morgan fingerprint density at radius 3 is 2.11 bits per heavy atom. The molecule has 1 aliphatic heterocycles. The number of hydrogen-bond donors (Lipinski definition) is 2. The van der Waals surface area contributed by atoms with E-state index in [9.17, 15) is 9.59 Å². The number of carboxylic acid groups (broad SMARTS) is 2. The second-order valence-electron chi connectivity index (χ2n) is 5.13. The Bertz CT molecular complexity index is 279. The molecule has 2 N–H and O–H groups in total. The van der Waals surface area contributed by atoms with Crippen LogP contribution in [-0.2, 0) is 14.3 Å². The highest BCUT2D eigenvalue weighted by Gasteiger charge is 2.39. The van der Waals surface area contributed by atoms with Gasteiger partial charge in [-0.3, -0.25) is 9.59 Å². The molecule has 2 rings (SSSR count). The Labute approximate surface area is 107 Å². The summed E-state index contributed by atoms with van der Waals surface area (Å²) in [5, 5.41) is 16.6. The molecule has 3 unspecified atom stereocenters. The number of hydrogen-bond acceptors (Lipinski definition) is 3. The molecule has 5 heteroatoms. The maximum Gasteiger partial charge on any atom is 0.303 e. The molecule has 2 fully saturated rings. The van der Waals surface area contributed by atoms with Crippen molar-refractivity contribution in [3.8, 4) is 0 Å².